The smallest absolute Gasteiger partial charge is 0.226 e. The van der Waals surface area contributed by atoms with Gasteiger partial charge in [0.25, 0.3) is 0 Å². The van der Waals surface area contributed by atoms with Crippen molar-refractivity contribution in [3.05, 3.63) is 6.20 Å². The summed E-state index contributed by atoms with van der Waals surface area (Å²) in [6.45, 7) is 5.23. The first kappa shape index (κ1) is 11.3. The van der Waals surface area contributed by atoms with Crippen LogP contribution in [0, 0.1) is 5.92 Å². The lowest BCUT2D eigenvalue weighted by atomic mass is 10.3. The molecule has 96 valence electrons. The number of aromatic amines is 1. The van der Waals surface area contributed by atoms with Crippen molar-refractivity contribution in [2.45, 2.75) is 32.7 Å². The molecule has 2 atom stereocenters. The van der Waals surface area contributed by atoms with Crippen LogP contribution in [0.15, 0.2) is 6.20 Å². The van der Waals surface area contributed by atoms with E-state index in [4.69, 9.17) is 0 Å². The Balaban J connectivity index is 1.90. The van der Waals surface area contributed by atoms with E-state index in [1.54, 1.807) is 6.20 Å². The van der Waals surface area contributed by atoms with E-state index in [0.29, 0.717) is 12.0 Å². The molecule has 2 unspecified atom stereocenters. The van der Waals surface area contributed by atoms with Crippen LogP contribution in [-0.2, 0) is 0 Å². The molecule has 3 N–H and O–H groups in total. The molecular formula is C12H18N6. The van der Waals surface area contributed by atoms with Crippen LogP contribution in [0.5, 0.6) is 0 Å². The highest BCUT2D eigenvalue weighted by atomic mass is 15.2. The van der Waals surface area contributed by atoms with E-state index in [1.165, 1.54) is 6.42 Å². The van der Waals surface area contributed by atoms with Crippen molar-refractivity contribution in [3.8, 4) is 0 Å². The summed E-state index contributed by atoms with van der Waals surface area (Å²) in [4.78, 5) is 8.93. The van der Waals surface area contributed by atoms with Crippen LogP contribution < -0.4 is 10.6 Å². The molecule has 0 bridgehead atoms. The fourth-order valence-corrected chi connectivity index (χ4v) is 1.96. The summed E-state index contributed by atoms with van der Waals surface area (Å²) in [5.41, 5.74) is 0.777. The fraction of sp³-hybridized carbons (Fsp3) is 0.583. The highest BCUT2D eigenvalue weighted by Gasteiger charge is 2.33. The zero-order valence-electron chi connectivity index (χ0n) is 10.7. The van der Waals surface area contributed by atoms with Gasteiger partial charge >= 0.3 is 0 Å². The van der Waals surface area contributed by atoms with Crippen molar-refractivity contribution in [1.82, 2.24) is 20.2 Å². The second kappa shape index (κ2) is 4.44. The van der Waals surface area contributed by atoms with Crippen molar-refractivity contribution in [2.75, 3.05) is 17.2 Å². The summed E-state index contributed by atoms with van der Waals surface area (Å²) in [6.07, 6.45) is 4.03. The van der Waals surface area contributed by atoms with Crippen molar-refractivity contribution < 1.29 is 0 Å². The molecule has 2 heterocycles. The Bertz CT molecular complexity index is 548. The number of rotatable bonds is 5. The van der Waals surface area contributed by atoms with Crippen LogP contribution >= 0.6 is 0 Å². The van der Waals surface area contributed by atoms with Gasteiger partial charge < -0.3 is 10.6 Å². The third-order valence-electron chi connectivity index (χ3n) is 3.27. The van der Waals surface area contributed by atoms with Crippen LogP contribution in [-0.4, -0.2) is 32.8 Å². The van der Waals surface area contributed by atoms with E-state index in [-0.39, 0.29) is 0 Å². The largest absolute Gasteiger partial charge is 0.366 e. The highest BCUT2D eigenvalue weighted by Crippen LogP contribution is 2.33. The summed E-state index contributed by atoms with van der Waals surface area (Å²) in [5.74, 6) is 2.26. The molecule has 0 aromatic carbocycles. The summed E-state index contributed by atoms with van der Waals surface area (Å²) in [5, 5.41) is 14.6. The molecule has 2 aromatic heterocycles. The number of nitrogens with one attached hydrogen (secondary N) is 3. The standard InChI is InChI=1S/C12H18N6/c1-3-4-13-12-16-10(15-9-5-7(9)2)8-6-14-18-11(8)17-12/h6-7,9H,3-5H2,1-2H3,(H3,13,14,15,16,17,18). The average molecular weight is 246 g/mol. The second-order valence-electron chi connectivity index (χ2n) is 4.92. The molecule has 1 saturated carbocycles. The maximum atomic E-state index is 4.53. The van der Waals surface area contributed by atoms with Gasteiger partial charge in [0, 0.05) is 12.6 Å². The van der Waals surface area contributed by atoms with Crippen molar-refractivity contribution >= 4 is 22.8 Å². The lowest BCUT2D eigenvalue weighted by Gasteiger charge is -2.08. The van der Waals surface area contributed by atoms with Crippen LogP contribution in [0.3, 0.4) is 0 Å². The summed E-state index contributed by atoms with van der Waals surface area (Å²) in [6, 6.07) is 0.539. The van der Waals surface area contributed by atoms with Crippen LogP contribution in [0.4, 0.5) is 11.8 Å². The van der Waals surface area contributed by atoms with Gasteiger partial charge in [-0.2, -0.15) is 15.1 Å². The maximum Gasteiger partial charge on any atom is 0.226 e. The molecule has 6 heteroatoms. The normalized spacial score (nSPS) is 22.1. The fourth-order valence-electron chi connectivity index (χ4n) is 1.96. The first-order chi connectivity index (χ1) is 8.78. The van der Waals surface area contributed by atoms with E-state index in [9.17, 15) is 0 Å². The molecule has 18 heavy (non-hydrogen) atoms. The minimum Gasteiger partial charge on any atom is -0.366 e. The van der Waals surface area contributed by atoms with E-state index in [1.807, 2.05) is 0 Å². The maximum absolute atomic E-state index is 4.53. The number of aromatic nitrogens is 4. The van der Waals surface area contributed by atoms with Gasteiger partial charge in [-0.05, 0) is 18.8 Å². The third kappa shape index (κ3) is 2.10. The molecule has 0 spiro atoms. The molecule has 1 aliphatic carbocycles. The SMILES string of the molecule is CCCNc1nc(NC2CC2C)c2cn[nH]c2n1. The van der Waals surface area contributed by atoms with Gasteiger partial charge in [0.15, 0.2) is 5.65 Å². The average Bonchev–Trinajstić information content (AvgIpc) is 2.88. The van der Waals surface area contributed by atoms with Gasteiger partial charge in [0.2, 0.25) is 5.95 Å². The van der Waals surface area contributed by atoms with Gasteiger partial charge in [0.05, 0.1) is 11.6 Å². The molecule has 6 nitrogen and oxygen atoms in total. The molecule has 0 amide bonds. The molecule has 1 fully saturated rings. The first-order valence-electron chi connectivity index (χ1n) is 6.49. The zero-order valence-corrected chi connectivity index (χ0v) is 10.7. The molecular weight excluding hydrogens is 228 g/mol. The van der Waals surface area contributed by atoms with Gasteiger partial charge in [-0.25, -0.2) is 0 Å². The van der Waals surface area contributed by atoms with Gasteiger partial charge in [-0.1, -0.05) is 13.8 Å². The zero-order chi connectivity index (χ0) is 12.5. The predicted octanol–water partition coefficient (Wildman–Crippen LogP) is 2.00. The van der Waals surface area contributed by atoms with Crippen LogP contribution in [0.2, 0.25) is 0 Å². The van der Waals surface area contributed by atoms with E-state index >= 15 is 0 Å². The number of H-pyrrole nitrogens is 1. The van der Waals surface area contributed by atoms with Gasteiger partial charge in [-0.15, -0.1) is 0 Å². The van der Waals surface area contributed by atoms with Crippen molar-refractivity contribution in [1.29, 1.82) is 0 Å². The van der Waals surface area contributed by atoms with Gasteiger partial charge in [0.1, 0.15) is 5.82 Å². The third-order valence-corrected chi connectivity index (χ3v) is 3.27. The van der Waals surface area contributed by atoms with Crippen LogP contribution in [0.1, 0.15) is 26.7 Å². The lowest BCUT2D eigenvalue weighted by Crippen LogP contribution is -2.10. The van der Waals surface area contributed by atoms with E-state index < -0.39 is 0 Å². The summed E-state index contributed by atoms with van der Waals surface area (Å²) in [7, 11) is 0. The molecule has 0 aliphatic heterocycles. The topological polar surface area (TPSA) is 78.5 Å². The molecule has 0 radical (unpaired) electrons. The number of hydrogen-bond donors (Lipinski definition) is 3. The summed E-state index contributed by atoms with van der Waals surface area (Å²) < 4.78 is 0. The number of hydrogen-bond acceptors (Lipinski definition) is 5. The quantitative estimate of drug-likeness (QED) is 0.752. The first-order valence-corrected chi connectivity index (χ1v) is 6.49. The molecule has 1 aliphatic rings. The van der Waals surface area contributed by atoms with Gasteiger partial charge in [-0.3, -0.25) is 5.10 Å². The number of nitrogens with zero attached hydrogens (tertiary/aromatic N) is 3. The Labute approximate surface area is 106 Å². The Hall–Kier alpha value is -1.85. The Morgan fingerprint density at radius 2 is 2.28 bits per heavy atom. The Morgan fingerprint density at radius 1 is 1.44 bits per heavy atom. The molecule has 3 rings (SSSR count). The van der Waals surface area contributed by atoms with E-state index in [2.05, 4.69) is 44.6 Å². The van der Waals surface area contributed by atoms with Crippen molar-refractivity contribution in [3.63, 3.8) is 0 Å². The Morgan fingerprint density at radius 3 is 3.00 bits per heavy atom. The lowest BCUT2D eigenvalue weighted by molar-refractivity contribution is 0.920. The highest BCUT2D eigenvalue weighted by molar-refractivity contribution is 5.87. The number of fused-ring (bicyclic) bond motifs is 1. The molecule has 0 saturated heterocycles. The minimum atomic E-state index is 0.539. The summed E-state index contributed by atoms with van der Waals surface area (Å²) >= 11 is 0. The monoisotopic (exact) mass is 246 g/mol. The predicted molar refractivity (Wildman–Crippen MR) is 71.7 cm³/mol. The Kier molecular flexibility index (Phi) is 2.77. The molecule has 2 aromatic rings. The van der Waals surface area contributed by atoms with E-state index in [0.717, 1.165) is 35.7 Å². The number of anilines is 2. The van der Waals surface area contributed by atoms with Crippen LogP contribution in [0.25, 0.3) is 11.0 Å². The van der Waals surface area contributed by atoms with Crippen molar-refractivity contribution in [2.24, 2.45) is 5.92 Å². The second-order valence-corrected chi connectivity index (χ2v) is 4.92. The minimum absolute atomic E-state index is 0.539.